The van der Waals surface area contributed by atoms with Gasteiger partial charge in [0.15, 0.2) is 0 Å². The lowest BCUT2D eigenvalue weighted by Crippen LogP contribution is -2.40. The Balaban J connectivity index is 0.000000338. The molecule has 4 aromatic rings. The van der Waals surface area contributed by atoms with Crippen molar-refractivity contribution >= 4 is 16.8 Å². The molecule has 0 saturated heterocycles. The number of halogens is 2. The van der Waals surface area contributed by atoms with E-state index in [1.807, 2.05) is 54.1 Å². The Bertz CT molecular complexity index is 1270. The van der Waals surface area contributed by atoms with Crippen molar-refractivity contribution in [2.45, 2.75) is 32.9 Å². The van der Waals surface area contributed by atoms with Crippen LogP contribution in [0, 0.1) is 18.6 Å². The van der Waals surface area contributed by atoms with Crippen LogP contribution in [0.1, 0.15) is 34.1 Å². The Morgan fingerprint density at radius 3 is 2.28 bits per heavy atom. The molecule has 3 aromatic carbocycles. The molecule has 0 fully saturated rings. The minimum absolute atomic E-state index is 0.108. The molecule has 3 N–H and O–H groups in total. The molecule has 4 rings (SSSR count). The van der Waals surface area contributed by atoms with Crippen LogP contribution in [0.5, 0.6) is 0 Å². The molecule has 0 bridgehead atoms. The van der Waals surface area contributed by atoms with Gasteiger partial charge in [-0.3, -0.25) is 4.79 Å². The fraction of sp³-hybridized carbons (Fsp3) is 0.276. The number of benzene rings is 3. The maximum absolute atomic E-state index is 13.3. The lowest BCUT2D eigenvalue weighted by atomic mass is 10.1. The number of carbonyl (C=O) groups excluding carboxylic acids is 1. The molecule has 1 atom stereocenters. The fourth-order valence-electron chi connectivity index (χ4n) is 4.06. The van der Waals surface area contributed by atoms with E-state index in [1.165, 1.54) is 17.7 Å². The van der Waals surface area contributed by atoms with Crippen molar-refractivity contribution in [1.29, 1.82) is 0 Å². The van der Waals surface area contributed by atoms with Crippen LogP contribution in [0.3, 0.4) is 0 Å². The smallest absolute Gasteiger partial charge is 0.270 e. The Labute approximate surface area is 210 Å². The summed E-state index contributed by atoms with van der Waals surface area (Å²) >= 11 is 0. The molecule has 7 heteroatoms. The summed E-state index contributed by atoms with van der Waals surface area (Å²) in [4.78, 5) is 15.0. The molecular formula is C29H33F2N3O2. The number of nitrogens with two attached hydrogens (primary N) is 1. The van der Waals surface area contributed by atoms with Gasteiger partial charge in [0.05, 0.1) is 6.10 Å². The van der Waals surface area contributed by atoms with Gasteiger partial charge in [0, 0.05) is 43.7 Å². The van der Waals surface area contributed by atoms with Gasteiger partial charge >= 0.3 is 0 Å². The Morgan fingerprint density at radius 2 is 1.67 bits per heavy atom. The van der Waals surface area contributed by atoms with Crippen molar-refractivity contribution in [2.75, 3.05) is 13.1 Å². The number of hydrogen-bond donors (Lipinski definition) is 2. The van der Waals surface area contributed by atoms with Gasteiger partial charge in [-0.15, -0.1) is 0 Å². The highest BCUT2D eigenvalue weighted by molar-refractivity contribution is 5.98. The normalized spacial score (nSPS) is 11.6. The number of rotatable bonds is 7. The number of aliphatic hydroxyl groups is 1. The van der Waals surface area contributed by atoms with Crippen LogP contribution in [0.25, 0.3) is 10.9 Å². The number of carbonyl (C=O) groups is 1. The number of nitrogens with zero attached hydrogens (tertiary/aromatic N) is 2. The first kappa shape index (κ1) is 27.0. The maximum Gasteiger partial charge on any atom is 0.270 e. The molecule has 0 unspecified atom stereocenters. The van der Waals surface area contributed by atoms with Gasteiger partial charge in [-0.25, -0.2) is 8.78 Å². The van der Waals surface area contributed by atoms with Crippen molar-refractivity contribution in [3.05, 3.63) is 107 Å². The molecule has 1 amide bonds. The van der Waals surface area contributed by atoms with E-state index in [0.717, 1.165) is 29.0 Å². The predicted molar refractivity (Wildman–Crippen MR) is 140 cm³/mol. The van der Waals surface area contributed by atoms with Crippen LogP contribution >= 0.6 is 0 Å². The first-order valence-corrected chi connectivity index (χ1v) is 11.9. The molecule has 190 valence electrons. The quantitative estimate of drug-likeness (QED) is 0.382. The summed E-state index contributed by atoms with van der Waals surface area (Å²) in [6.07, 6.45) is 0.189. The molecule has 0 aliphatic rings. The Kier molecular flexibility index (Phi) is 9.33. The molecular weight excluding hydrogens is 460 g/mol. The van der Waals surface area contributed by atoms with E-state index >= 15 is 0 Å². The zero-order chi connectivity index (χ0) is 26.2. The zero-order valence-corrected chi connectivity index (χ0v) is 20.9. The topological polar surface area (TPSA) is 71.5 Å². The number of aliphatic hydroxyl groups excluding tert-OH is 1. The van der Waals surface area contributed by atoms with Gasteiger partial charge in [-0.05, 0) is 54.3 Å². The molecule has 36 heavy (non-hydrogen) atoms. The van der Waals surface area contributed by atoms with Gasteiger partial charge in [0.1, 0.15) is 17.3 Å². The molecule has 5 nitrogen and oxygen atoms in total. The van der Waals surface area contributed by atoms with E-state index in [0.29, 0.717) is 17.8 Å². The Morgan fingerprint density at radius 1 is 1.00 bits per heavy atom. The summed E-state index contributed by atoms with van der Waals surface area (Å²) in [6, 6.07) is 21.4. The lowest BCUT2D eigenvalue weighted by molar-refractivity contribution is 0.0609. The lowest BCUT2D eigenvalue weighted by Gasteiger charge is -2.25. The van der Waals surface area contributed by atoms with Crippen LogP contribution in [0.15, 0.2) is 72.8 Å². The van der Waals surface area contributed by atoms with Crippen molar-refractivity contribution in [2.24, 2.45) is 12.8 Å². The average Bonchev–Trinajstić information content (AvgIpc) is 3.19. The first-order chi connectivity index (χ1) is 17.2. The van der Waals surface area contributed by atoms with E-state index in [-0.39, 0.29) is 19.0 Å². The van der Waals surface area contributed by atoms with E-state index in [2.05, 4.69) is 19.1 Å². The van der Waals surface area contributed by atoms with E-state index in [1.54, 1.807) is 11.8 Å². The number of para-hydroxylation sites is 1. The molecule has 0 aliphatic carbocycles. The van der Waals surface area contributed by atoms with Crippen molar-refractivity contribution in [1.82, 2.24) is 9.47 Å². The third-order valence-electron chi connectivity index (χ3n) is 5.94. The number of hydrogen-bond acceptors (Lipinski definition) is 3. The summed E-state index contributed by atoms with van der Waals surface area (Å²) in [5, 5.41) is 11.1. The second-order valence-corrected chi connectivity index (χ2v) is 8.84. The highest BCUT2D eigenvalue weighted by atomic mass is 19.1. The van der Waals surface area contributed by atoms with Gasteiger partial charge in [-0.1, -0.05) is 49.4 Å². The van der Waals surface area contributed by atoms with Gasteiger partial charge in [-0.2, -0.15) is 0 Å². The van der Waals surface area contributed by atoms with Crippen LogP contribution in [0.2, 0.25) is 0 Å². The minimum atomic E-state index is -0.752. The second-order valence-electron chi connectivity index (χ2n) is 8.84. The fourth-order valence-corrected chi connectivity index (χ4v) is 4.06. The van der Waals surface area contributed by atoms with Gasteiger partial charge in [0.2, 0.25) is 0 Å². The van der Waals surface area contributed by atoms with E-state index in [4.69, 9.17) is 5.73 Å². The van der Waals surface area contributed by atoms with E-state index in [9.17, 15) is 18.7 Å². The number of aromatic nitrogens is 1. The molecule has 0 aliphatic heterocycles. The first-order valence-electron chi connectivity index (χ1n) is 11.9. The highest BCUT2D eigenvalue weighted by Crippen LogP contribution is 2.21. The van der Waals surface area contributed by atoms with Crippen LogP contribution in [-0.4, -0.2) is 39.7 Å². The SMILES string of the molecule is CCc1cccc(CN(C[C@@H](O)CN)C(=O)c2cc3ccccc3n2C)c1.Cc1cc(F)cc(F)c1. The molecule has 0 saturated carbocycles. The minimum Gasteiger partial charge on any atom is -0.390 e. The molecule has 0 radical (unpaired) electrons. The van der Waals surface area contributed by atoms with Crippen molar-refractivity contribution in [3.63, 3.8) is 0 Å². The summed E-state index contributed by atoms with van der Waals surface area (Å²) in [5.74, 6) is -1.15. The summed E-state index contributed by atoms with van der Waals surface area (Å²) in [6.45, 7) is 4.51. The van der Waals surface area contributed by atoms with Crippen molar-refractivity contribution in [3.8, 4) is 0 Å². The third-order valence-corrected chi connectivity index (χ3v) is 5.94. The maximum atomic E-state index is 13.3. The largest absolute Gasteiger partial charge is 0.390 e. The van der Waals surface area contributed by atoms with Crippen LogP contribution in [-0.2, 0) is 20.0 Å². The predicted octanol–water partition coefficient (Wildman–Crippen LogP) is 4.98. The standard InChI is InChI=1S/C22H27N3O2.C7H6F2/c1-3-16-7-6-8-17(11-16)14-25(15-19(26)13-23)22(27)21-12-18-9-4-5-10-20(18)24(21)2;1-5-2-6(8)4-7(9)3-5/h4-12,19,26H,3,13-15,23H2,1-2H3;2-4H,1H3/t19-;/m0./s1. The zero-order valence-electron chi connectivity index (χ0n) is 20.9. The monoisotopic (exact) mass is 493 g/mol. The number of fused-ring (bicyclic) bond motifs is 1. The van der Waals surface area contributed by atoms with E-state index < -0.39 is 17.7 Å². The van der Waals surface area contributed by atoms with Crippen molar-refractivity contribution < 1.29 is 18.7 Å². The number of aryl methyl sites for hydroxylation is 3. The Hall–Kier alpha value is -3.55. The molecule has 1 heterocycles. The molecule has 0 spiro atoms. The second kappa shape index (κ2) is 12.4. The third kappa shape index (κ3) is 6.99. The van der Waals surface area contributed by atoms with Gasteiger partial charge < -0.3 is 20.3 Å². The van der Waals surface area contributed by atoms with Crippen LogP contribution in [0.4, 0.5) is 8.78 Å². The highest BCUT2D eigenvalue weighted by Gasteiger charge is 2.22. The van der Waals surface area contributed by atoms with Crippen LogP contribution < -0.4 is 5.73 Å². The summed E-state index contributed by atoms with van der Waals surface area (Å²) in [5.41, 5.74) is 10.1. The molecule has 1 aromatic heterocycles. The average molecular weight is 494 g/mol. The number of amides is 1. The summed E-state index contributed by atoms with van der Waals surface area (Å²) in [7, 11) is 1.89. The summed E-state index contributed by atoms with van der Waals surface area (Å²) < 4.78 is 26.3. The van der Waals surface area contributed by atoms with Gasteiger partial charge in [0.25, 0.3) is 5.91 Å².